The molecule has 154 valence electrons. The van der Waals surface area contributed by atoms with E-state index < -0.39 is 5.91 Å². The molecule has 0 saturated heterocycles. The molecule has 1 amide bonds. The van der Waals surface area contributed by atoms with Crippen molar-refractivity contribution in [2.24, 2.45) is 16.0 Å². The minimum Gasteiger partial charge on any atom is -0.315 e. The number of aromatic nitrogens is 1. The first-order valence-electron chi connectivity index (χ1n) is 9.69. The number of para-hydroxylation sites is 1. The molecule has 8 heteroatoms. The number of benzene rings is 1. The van der Waals surface area contributed by atoms with Gasteiger partial charge in [-0.05, 0) is 61.4 Å². The molecule has 1 aromatic heterocycles. The van der Waals surface area contributed by atoms with Crippen molar-refractivity contribution < 1.29 is 9.18 Å². The zero-order valence-electron chi connectivity index (χ0n) is 17.2. The van der Waals surface area contributed by atoms with Gasteiger partial charge in [0.2, 0.25) is 5.17 Å². The number of nitrogens with one attached hydrogen (secondary N) is 1. The van der Waals surface area contributed by atoms with Crippen LogP contribution in [-0.4, -0.2) is 31.5 Å². The lowest BCUT2D eigenvalue weighted by Gasteiger charge is -2.20. The van der Waals surface area contributed by atoms with Gasteiger partial charge in [0.15, 0.2) is 5.84 Å². The Labute approximate surface area is 178 Å². The number of fused-ring (bicyclic) bond motifs is 1. The molecule has 0 unspecified atom stereocenters. The number of rotatable bonds is 4. The van der Waals surface area contributed by atoms with E-state index in [2.05, 4.69) is 23.9 Å². The highest BCUT2D eigenvalue weighted by Crippen LogP contribution is 2.31. The number of thioether (sulfide) groups is 1. The maximum absolute atomic E-state index is 14.3. The van der Waals surface area contributed by atoms with Crippen molar-refractivity contribution in [3.8, 4) is 5.69 Å². The summed E-state index contributed by atoms with van der Waals surface area (Å²) in [6, 6.07) is 8.43. The zero-order valence-corrected chi connectivity index (χ0v) is 18.0. The number of amides is 1. The van der Waals surface area contributed by atoms with Gasteiger partial charge in [-0.15, -0.1) is 0 Å². The standard InChI is InChI=1S/C22H22FN5OS/c1-12(2)9-19-26-28-20(24)16(21(29)25-22(28)30-19)11-15-10-13(3)27(14(15)4)18-8-6-5-7-17(18)23/h5-8,10-12,24H,9H2,1-4H3/b16-11-,24-20?. The first-order valence-corrected chi connectivity index (χ1v) is 10.5. The Morgan fingerprint density at radius 3 is 2.70 bits per heavy atom. The molecule has 4 rings (SSSR count). The third-order valence-corrected chi connectivity index (χ3v) is 5.87. The molecule has 0 spiro atoms. The molecule has 1 N–H and O–H groups in total. The van der Waals surface area contributed by atoms with Gasteiger partial charge in [-0.3, -0.25) is 10.2 Å². The predicted octanol–water partition coefficient (Wildman–Crippen LogP) is 4.90. The van der Waals surface area contributed by atoms with Crippen LogP contribution in [0.25, 0.3) is 11.8 Å². The van der Waals surface area contributed by atoms with E-state index in [1.807, 2.05) is 19.9 Å². The minimum absolute atomic E-state index is 0.00644. The van der Waals surface area contributed by atoms with Gasteiger partial charge in [0.05, 0.1) is 11.3 Å². The van der Waals surface area contributed by atoms with Gasteiger partial charge in [0, 0.05) is 17.8 Å². The van der Waals surface area contributed by atoms with E-state index in [4.69, 9.17) is 5.41 Å². The van der Waals surface area contributed by atoms with Crippen LogP contribution in [0.3, 0.4) is 0 Å². The van der Waals surface area contributed by atoms with Crippen LogP contribution >= 0.6 is 11.8 Å². The molecule has 6 nitrogen and oxygen atoms in total. The summed E-state index contributed by atoms with van der Waals surface area (Å²) in [7, 11) is 0. The highest BCUT2D eigenvalue weighted by atomic mass is 32.2. The van der Waals surface area contributed by atoms with Crippen LogP contribution in [0, 0.1) is 31.0 Å². The van der Waals surface area contributed by atoms with Gasteiger partial charge in [0.25, 0.3) is 5.91 Å². The monoisotopic (exact) mass is 423 g/mol. The second-order valence-electron chi connectivity index (χ2n) is 7.73. The lowest BCUT2D eigenvalue weighted by molar-refractivity contribution is -0.114. The first-order chi connectivity index (χ1) is 14.3. The molecule has 3 heterocycles. The Hall–Kier alpha value is -3.00. The Kier molecular flexibility index (Phi) is 5.19. The molecule has 0 atom stereocenters. The van der Waals surface area contributed by atoms with Crippen LogP contribution in [0.15, 0.2) is 46.0 Å². The zero-order chi connectivity index (χ0) is 21.6. The largest absolute Gasteiger partial charge is 0.315 e. The normalized spacial score (nSPS) is 17.7. The fraction of sp³-hybridized carbons (Fsp3) is 0.273. The fourth-order valence-electron chi connectivity index (χ4n) is 3.56. The van der Waals surface area contributed by atoms with Gasteiger partial charge < -0.3 is 4.57 Å². The van der Waals surface area contributed by atoms with Crippen LogP contribution in [0.2, 0.25) is 0 Å². The van der Waals surface area contributed by atoms with Gasteiger partial charge in [-0.25, -0.2) is 4.39 Å². The molecule has 1 aromatic carbocycles. The van der Waals surface area contributed by atoms with E-state index in [-0.39, 0.29) is 17.2 Å². The number of carbonyl (C=O) groups excluding carboxylic acids is 1. The molecule has 2 aliphatic rings. The first kappa shape index (κ1) is 20.3. The Morgan fingerprint density at radius 1 is 1.27 bits per heavy atom. The molecule has 0 radical (unpaired) electrons. The molecule has 0 bridgehead atoms. The third kappa shape index (κ3) is 3.52. The summed E-state index contributed by atoms with van der Waals surface area (Å²) >= 11 is 1.34. The van der Waals surface area contributed by atoms with E-state index in [1.165, 1.54) is 22.8 Å². The van der Waals surface area contributed by atoms with Gasteiger partial charge in [-0.2, -0.15) is 15.1 Å². The molecule has 0 fully saturated rings. The number of hydrogen-bond donors (Lipinski definition) is 1. The highest BCUT2D eigenvalue weighted by molar-refractivity contribution is 8.26. The van der Waals surface area contributed by atoms with E-state index in [9.17, 15) is 9.18 Å². The number of carbonyl (C=O) groups is 1. The molecule has 30 heavy (non-hydrogen) atoms. The third-order valence-electron chi connectivity index (χ3n) is 4.94. The SMILES string of the molecule is Cc1cc(/C=C2/C(=N)N3N=C(CC(C)C)SC3=NC2=O)c(C)n1-c1ccccc1F. The summed E-state index contributed by atoms with van der Waals surface area (Å²) in [5.41, 5.74) is 2.96. The fourth-order valence-corrected chi connectivity index (χ4v) is 4.65. The van der Waals surface area contributed by atoms with Gasteiger partial charge >= 0.3 is 0 Å². The number of nitrogens with zero attached hydrogens (tertiary/aromatic N) is 4. The number of aryl methyl sites for hydroxylation is 1. The smallest absolute Gasteiger partial charge is 0.283 e. The quantitative estimate of drug-likeness (QED) is 0.711. The van der Waals surface area contributed by atoms with Crippen molar-refractivity contribution in [1.82, 2.24) is 9.58 Å². The number of hydrazone groups is 1. The second kappa shape index (κ2) is 7.68. The average molecular weight is 424 g/mol. The maximum atomic E-state index is 14.3. The summed E-state index contributed by atoms with van der Waals surface area (Å²) in [5, 5.41) is 15.7. The van der Waals surface area contributed by atoms with Crippen molar-refractivity contribution >= 4 is 39.8 Å². The van der Waals surface area contributed by atoms with Crippen molar-refractivity contribution in [2.45, 2.75) is 34.1 Å². The topological polar surface area (TPSA) is 73.8 Å². The predicted molar refractivity (Wildman–Crippen MR) is 120 cm³/mol. The maximum Gasteiger partial charge on any atom is 0.283 e. The lowest BCUT2D eigenvalue weighted by atomic mass is 10.1. The van der Waals surface area contributed by atoms with Crippen LogP contribution in [0.5, 0.6) is 0 Å². The molecule has 0 saturated carbocycles. The van der Waals surface area contributed by atoms with E-state index in [1.54, 1.807) is 28.8 Å². The van der Waals surface area contributed by atoms with Crippen molar-refractivity contribution in [3.05, 3.63) is 58.7 Å². The van der Waals surface area contributed by atoms with Crippen molar-refractivity contribution in [1.29, 1.82) is 5.41 Å². The second-order valence-corrected chi connectivity index (χ2v) is 8.77. The molecular formula is C22H22FN5OS. The van der Waals surface area contributed by atoms with E-state index >= 15 is 0 Å². The highest BCUT2D eigenvalue weighted by Gasteiger charge is 2.35. The minimum atomic E-state index is -0.463. The summed E-state index contributed by atoms with van der Waals surface area (Å²) in [6.45, 7) is 7.93. The number of aliphatic imine (C=N–C) groups is 1. The van der Waals surface area contributed by atoms with Crippen LogP contribution < -0.4 is 0 Å². The Bertz CT molecular complexity index is 1160. The molecule has 2 aromatic rings. The number of amidine groups is 2. The van der Waals surface area contributed by atoms with Crippen LogP contribution in [0.4, 0.5) is 4.39 Å². The molecule has 0 aliphatic carbocycles. The lowest BCUT2D eigenvalue weighted by Crippen LogP contribution is -2.35. The summed E-state index contributed by atoms with van der Waals surface area (Å²) in [6.07, 6.45) is 2.41. The van der Waals surface area contributed by atoms with Gasteiger partial charge in [-0.1, -0.05) is 26.0 Å². The Balaban J connectivity index is 1.72. The van der Waals surface area contributed by atoms with Crippen molar-refractivity contribution in [2.75, 3.05) is 0 Å². The van der Waals surface area contributed by atoms with Gasteiger partial charge in [0.1, 0.15) is 10.9 Å². The molecular weight excluding hydrogens is 401 g/mol. The average Bonchev–Trinajstić information content (AvgIpc) is 3.19. The summed E-state index contributed by atoms with van der Waals surface area (Å²) in [4.78, 5) is 16.8. The number of hydrogen-bond acceptors (Lipinski definition) is 4. The van der Waals surface area contributed by atoms with E-state index in [0.29, 0.717) is 16.8 Å². The van der Waals surface area contributed by atoms with Crippen LogP contribution in [-0.2, 0) is 4.79 Å². The Morgan fingerprint density at radius 2 is 2.00 bits per heavy atom. The molecule has 2 aliphatic heterocycles. The summed E-state index contributed by atoms with van der Waals surface area (Å²) in [5.74, 6) is -0.361. The van der Waals surface area contributed by atoms with Crippen molar-refractivity contribution in [3.63, 3.8) is 0 Å². The van der Waals surface area contributed by atoms with Crippen LogP contribution in [0.1, 0.15) is 37.2 Å². The summed E-state index contributed by atoms with van der Waals surface area (Å²) < 4.78 is 16.1. The number of halogens is 1. The van der Waals surface area contributed by atoms with E-state index in [0.717, 1.165) is 28.4 Å².